The summed E-state index contributed by atoms with van der Waals surface area (Å²) in [7, 11) is 0. The van der Waals surface area contributed by atoms with Crippen LogP contribution in [0.25, 0.3) is 5.69 Å². The third kappa shape index (κ3) is 4.20. The molecule has 0 bridgehead atoms. The number of carbonyl (C=O) groups is 1. The molecular weight excluding hydrogens is 288 g/mol. The number of para-hydroxylation sites is 1. The molecule has 5 nitrogen and oxygen atoms in total. The summed E-state index contributed by atoms with van der Waals surface area (Å²) in [5, 5.41) is 10.8. The predicted octanol–water partition coefficient (Wildman–Crippen LogP) is 1.92. The highest BCUT2D eigenvalue weighted by Gasteiger charge is 2.26. The molecule has 0 saturated carbocycles. The van der Waals surface area contributed by atoms with Crippen molar-refractivity contribution < 1.29 is 4.79 Å². The van der Waals surface area contributed by atoms with E-state index in [9.17, 15) is 4.79 Å². The van der Waals surface area contributed by atoms with Crippen molar-refractivity contribution in [2.75, 3.05) is 19.6 Å². The fourth-order valence-electron chi connectivity index (χ4n) is 2.94. The van der Waals surface area contributed by atoms with Crippen molar-refractivity contribution in [2.45, 2.75) is 26.2 Å². The normalized spacial score (nSPS) is 16.9. The molecule has 1 amide bonds. The van der Waals surface area contributed by atoms with Crippen LogP contribution < -0.4 is 10.6 Å². The highest BCUT2D eigenvalue weighted by Crippen LogP contribution is 2.26. The number of hydrogen-bond donors (Lipinski definition) is 2. The Balaban J connectivity index is 1.53. The van der Waals surface area contributed by atoms with Gasteiger partial charge in [0, 0.05) is 12.7 Å². The van der Waals surface area contributed by atoms with Crippen molar-refractivity contribution >= 4 is 5.91 Å². The summed E-state index contributed by atoms with van der Waals surface area (Å²) in [6.07, 6.45) is 6.28. The second-order valence-corrected chi connectivity index (χ2v) is 6.64. The monoisotopic (exact) mass is 312 g/mol. The number of piperidine rings is 1. The Morgan fingerprint density at radius 2 is 2.04 bits per heavy atom. The molecule has 1 aromatic heterocycles. The molecule has 0 spiro atoms. The van der Waals surface area contributed by atoms with E-state index in [1.807, 2.05) is 36.5 Å². The second-order valence-electron chi connectivity index (χ2n) is 6.64. The van der Waals surface area contributed by atoms with Crippen LogP contribution in [0.4, 0.5) is 0 Å². The van der Waals surface area contributed by atoms with E-state index in [0.717, 1.165) is 43.7 Å². The Morgan fingerprint density at radius 3 is 2.78 bits per heavy atom. The molecule has 2 N–H and O–H groups in total. The Kier molecular flexibility index (Phi) is 4.76. The third-order valence-electron chi connectivity index (χ3n) is 4.54. The highest BCUT2D eigenvalue weighted by molar-refractivity contribution is 5.78. The molecule has 0 atom stereocenters. The minimum Gasteiger partial charge on any atom is -0.355 e. The van der Waals surface area contributed by atoms with Gasteiger partial charge in [-0.25, -0.2) is 4.68 Å². The molecule has 5 heteroatoms. The lowest BCUT2D eigenvalue weighted by molar-refractivity contribution is -0.121. The lowest BCUT2D eigenvalue weighted by atomic mass is 9.81. The van der Waals surface area contributed by atoms with E-state index < -0.39 is 0 Å². The molecule has 3 rings (SSSR count). The van der Waals surface area contributed by atoms with Gasteiger partial charge in [0.1, 0.15) is 0 Å². The maximum atomic E-state index is 12.2. The largest absolute Gasteiger partial charge is 0.355 e. The van der Waals surface area contributed by atoms with Crippen molar-refractivity contribution in [1.29, 1.82) is 0 Å². The molecule has 1 aliphatic heterocycles. The van der Waals surface area contributed by atoms with E-state index in [1.165, 1.54) is 0 Å². The second kappa shape index (κ2) is 6.96. The number of benzene rings is 1. The van der Waals surface area contributed by atoms with E-state index in [1.54, 1.807) is 10.9 Å². The van der Waals surface area contributed by atoms with Gasteiger partial charge < -0.3 is 10.6 Å². The zero-order chi connectivity index (χ0) is 16.1. The quantitative estimate of drug-likeness (QED) is 0.887. The number of hydrogen-bond acceptors (Lipinski definition) is 3. The topological polar surface area (TPSA) is 59.0 Å². The molecule has 0 unspecified atom stereocenters. The molecule has 1 aliphatic rings. The van der Waals surface area contributed by atoms with Gasteiger partial charge in [-0.05, 0) is 49.0 Å². The molecule has 0 aliphatic carbocycles. The summed E-state index contributed by atoms with van der Waals surface area (Å²) < 4.78 is 1.80. The van der Waals surface area contributed by atoms with Gasteiger partial charge in [-0.3, -0.25) is 4.79 Å². The average molecular weight is 312 g/mol. The zero-order valence-electron chi connectivity index (χ0n) is 13.6. The smallest absolute Gasteiger partial charge is 0.224 e. The molecule has 2 heterocycles. The van der Waals surface area contributed by atoms with Crippen LogP contribution in [0.2, 0.25) is 0 Å². The van der Waals surface area contributed by atoms with Gasteiger partial charge >= 0.3 is 0 Å². The first kappa shape index (κ1) is 15.7. The summed E-state index contributed by atoms with van der Waals surface area (Å²) in [5.74, 6) is 0.0670. The number of nitrogens with one attached hydrogen (secondary N) is 2. The van der Waals surface area contributed by atoms with Crippen LogP contribution in [0.3, 0.4) is 0 Å². The van der Waals surface area contributed by atoms with E-state index in [-0.39, 0.29) is 11.3 Å². The number of aromatic nitrogens is 2. The SMILES string of the molecule is CC1(CNC(=O)Cc2cnn(-c3ccccc3)c2)CCNCC1. The first-order valence-electron chi connectivity index (χ1n) is 8.21. The summed E-state index contributed by atoms with van der Waals surface area (Å²) >= 11 is 0. The van der Waals surface area contributed by atoms with Crippen molar-refractivity contribution in [3.05, 3.63) is 48.3 Å². The number of nitrogens with zero attached hydrogens (tertiary/aromatic N) is 2. The minimum atomic E-state index is 0.0670. The van der Waals surface area contributed by atoms with Gasteiger partial charge in [0.05, 0.1) is 18.3 Å². The molecule has 1 aromatic carbocycles. The third-order valence-corrected chi connectivity index (χ3v) is 4.54. The molecule has 1 saturated heterocycles. The Hall–Kier alpha value is -2.14. The van der Waals surface area contributed by atoms with Crippen LogP contribution >= 0.6 is 0 Å². The number of carbonyl (C=O) groups excluding carboxylic acids is 1. The predicted molar refractivity (Wildman–Crippen MR) is 90.5 cm³/mol. The van der Waals surface area contributed by atoms with Gasteiger partial charge in [0.2, 0.25) is 5.91 Å². The van der Waals surface area contributed by atoms with Gasteiger partial charge in [-0.1, -0.05) is 25.1 Å². The maximum Gasteiger partial charge on any atom is 0.224 e. The van der Waals surface area contributed by atoms with Crippen LogP contribution in [-0.2, 0) is 11.2 Å². The lowest BCUT2D eigenvalue weighted by Gasteiger charge is -2.34. The van der Waals surface area contributed by atoms with Gasteiger partial charge in [-0.2, -0.15) is 5.10 Å². The summed E-state index contributed by atoms with van der Waals surface area (Å²) in [6.45, 7) is 5.08. The summed E-state index contributed by atoms with van der Waals surface area (Å²) in [6, 6.07) is 9.92. The van der Waals surface area contributed by atoms with Crippen LogP contribution in [0.5, 0.6) is 0 Å². The molecule has 1 fully saturated rings. The van der Waals surface area contributed by atoms with Crippen LogP contribution in [0.1, 0.15) is 25.3 Å². The van der Waals surface area contributed by atoms with E-state index >= 15 is 0 Å². The van der Waals surface area contributed by atoms with E-state index in [0.29, 0.717) is 6.42 Å². The van der Waals surface area contributed by atoms with Crippen molar-refractivity contribution in [1.82, 2.24) is 20.4 Å². The van der Waals surface area contributed by atoms with E-state index in [4.69, 9.17) is 0 Å². The van der Waals surface area contributed by atoms with Gasteiger partial charge in [0.25, 0.3) is 0 Å². The molecule has 2 aromatic rings. The standard InChI is InChI=1S/C18H24N4O/c1-18(7-9-19-10-8-18)14-20-17(23)11-15-12-21-22(13-15)16-5-3-2-4-6-16/h2-6,12-13,19H,7-11,14H2,1H3,(H,20,23). The van der Waals surface area contributed by atoms with Crippen LogP contribution in [0.15, 0.2) is 42.7 Å². The lowest BCUT2D eigenvalue weighted by Crippen LogP contribution is -2.43. The Bertz CT molecular complexity index is 644. The van der Waals surface area contributed by atoms with Crippen LogP contribution in [0, 0.1) is 5.41 Å². The summed E-state index contributed by atoms with van der Waals surface area (Å²) in [5.41, 5.74) is 2.15. The number of amides is 1. The van der Waals surface area contributed by atoms with Crippen molar-refractivity contribution in [3.8, 4) is 5.69 Å². The fraction of sp³-hybridized carbons (Fsp3) is 0.444. The molecule has 122 valence electrons. The molecule has 23 heavy (non-hydrogen) atoms. The van der Waals surface area contributed by atoms with Crippen molar-refractivity contribution in [2.24, 2.45) is 5.41 Å². The first-order chi connectivity index (χ1) is 11.1. The van der Waals surface area contributed by atoms with Gasteiger partial charge in [0.15, 0.2) is 0 Å². The molecular formula is C18H24N4O. The first-order valence-corrected chi connectivity index (χ1v) is 8.21. The van der Waals surface area contributed by atoms with E-state index in [2.05, 4.69) is 22.7 Å². The summed E-state index contributed by atoms with van der Waals surface area (Å²) in [4.78, 5) is 12.2. The van der Waals surface area contributed by atoms with Crippen LogP contribution in [-0.4, -0.2) is 35.3 Å². The average Bonchev–Trinajstić information content (AvgIpc) is 3.03. The maximum absolute atomic E-state index is 12.2. The van der Waals surface area contributed by atoms with Gasteiger partial charge in [-0.15, -0.1) is 0 Å². The Labute approximate surface area is 137 Å². The van der Waals surface area contributed by atoms with Crippen molar-refractivity contribution in [3.63, 3.8) is 0 Å². The number of rotatable bonds is 5. The molecule has 0 radical (unpaired) electrons. The fourth-order valence-corrected chi connectivity index (χ4v) is 2.94. The zero-order valence-corrected chi connectivity index (χ0v) is 13.6. The minimum absolute atomic E-state index is 0.0670. The Morgan fingerprint density at radius 1 is 1.30 bits per heavy atom. The highest BCUT2D eigenvalue weighted by atomic mass is 16.1.